The second-order valence-electron chi connectivity index (χ2n) is 4.98. The number of hydrogen-bond acceptors (Lipinski definition) is 2. The van der Waals surface area contributed by atoms with Crippen molar-refractivity contribution >= 4 is 5.91 Å². The van der Waals surface area contributed by atoms with Crippen LogP contribution in [-0.4, -0.2) is 35.5 Å². The molecule has 1 amide bonds. The van der Waals surface area contributed by atoms with E-state index in [4.69, 9.17) is 0 Å². The van der Waals surface area contributed by atoms with Gasteiger partial charge >= 0.3 is 0 Å². The van der Waals surface area contributed by atoms with Crippen LogP contribution in [0.25, 0.3) is 0 Å². The second-order valence-corrected chi connectivity index (χ2v) is 4.98. The first-order chi connectivity index (χ1) is 8.38. The Labute approximate surface area is 110 Å². The van der Waals surface area contributed by atoms with E-state index in [0.717, 1.165) is 13.1 Å². The summed E-state index contributed by atoms with van der Waals surface area (Å²) in [7, 11) is 3.56. The lowest BCUT2D eigenvalue weighted by molar-refractivity contribution is -0.130. The number of nitrogens with zero attached hydrogens (tertiary/aromatic N) is 2. The normalized spacial score (nSPS) is 12.6. The van der Waals surface area contributed by atoms with Crippen LogP contribution in [0.3, 0.4) is 0 Å². The Morgan fingerprint density at radius 2 is 2.06 bits per heavy atom. The van der Waals surface area contributed by atoms with Gasteiger partial charge in [-0.1, -0.05) is 0 Å². The summed E-state index contributed by atoms with van der Waals surface area (Å²) in [6, 6.07) is 2.04. The standard InChI is InChI=1S/C14H25N3O/c1-7-17-10(2)8-13(12(17)4)9-15-11(3)14(18)16(5)6/h8,11,15H,7,9H2,1-6H3. The molecule has 1 aromatic rings. The van der Waals surface area contributed by atoms with E-state index in [1.165, 1.54) is 17.0 Å². The molecule has 102 valence electrons. The molecule has 0 saturated carbocycles. The molecule has 4 heteroatoms. The fraction of sp³-hybridized carbons (Fsp3) is 0.643. The SMILES string of the molecule is CCn1c(C)cc(CNC(C)C(=O)N(C)C)c1C. The van der Waals surface area contributed by atoms with Crippen LogP contribution in [0.15, 0.2) is 6.07 Å². The third-order valence-corrected chi connectivity index (χ3v) is 3.40. The van der Waals surface area contributed by atoms with Gasteiger partial charge in [0.25, 0.3) is 0 Å². The maximum atomic E-state index is 11.7. The molecule has 0 fully saturated rings. The van der Waals surface area contributed by atoms with Gasteiger partial charge in [-0.25, -0.2) is 0 Å². The largest absolute Gasteiger partial charge is 0.349 e. The van der Waals surface area contributed by atoms with Crippen LogP contribution >= 0.6 is 0 Å². The van der Waals surface area contributed by atoms with Crippen LogP contribution in [0.1, 0.15) is 30.8 Å². The van der Waals surface area contributed by atoms with Gasteiger partial charge in [0, 0.05) is 38.6 Å². The highest BCUT2D eigenvalue weighted by molar-refractivity contribution is 5.80. The third-order valence-electron chi connectivity index (χ3n) is 3.40. The lowest BCUT2D eigenvalue weighted by Gasteiger charge is -2.18. The molecule has 1 N–H and O–H groups in total. The van der Waals surface area contributed by atoms with Crippen LogP contribution in [-0.2, 0) is 17.9 Å². The van der Waals surface area contributed by atoms with Crippen molar-refractivity contribution in [1.29, 1.82) is 0 Å². The minimum Gasteiger partial charge on any atom is -0.349 e. The van der Waals surface area contributed by atoms with E-state index in [1.807, 2.05) is 6.92 Å². The predicted octanol–water partition coefficient (Wildman–Crippen LogP) is 1.69. The van der Waals surface area contributed by atoms with Crippen molar-refractivity contribution in [2.24, 2.45) is 0 Å². The van der Waals surface area contributed by atoms with Gasteiger partial charge in [0.2, 0.25) is 5.91 Å². The molecule has 0 aliphatic heterocycles. The summed E-state index contributed by atoms with van der Waals surface area (Å²) in [4.78, 5) is 13.4. The number of amides is 1. The molecule has 1 atom stereocenters. The summed E-state index contributed by atoms with van der Waals surface area (Å²) in [5.41, 5.74) is 3.83. The van der Waals surface area contributed by atoms with Gasteiger partial charge in [0.1, 0.15) is 0 Å². The lowest BCUT2D eigenvalue weighted by Crippen LogP contribution is -2.41. The lowest BCUT2D eigenvalue weighted by atomic mass is 10.2. The highest BCUT2D eigenvalue weighted by atomic mass is 16.2. The second kappa shape index (κ2) is 6.05. The van der Waals surface area contributed by atoms with Crippen LogP contribution in [0.2, 0.25) is 0 Å². The zero-order valence-electron chi connectivity index (χ0n) is 12.4. The topological polar surface area (TPSA) is 37.3 Å². The van der Waals surface area contributed by atoms with Crippen molar-refractivity contribution in [1.82, 2.24) is 14.8 Å². The van der Waals surface area contributed by atoms with E-state index >= 15 is 0 Å². The van der Waals surface area contributed by atoms with E-state index in [9.17, 15) is 4.79 Å². The first-order valence-corrected chi connectivity index (χ1v) is 6.48. The van der Waals surface area contributed by atoms with Crippen molar-refractivity contribution in [2.75, 3.05) is 14.1 Å². The summed E-state index contributed by atoms with van der Waals surface area (Å²) < 4.78 is 2.29. The molecule has 0 bridgehead atoms. The maximum Gasteiger partial charge on any atom is 0.238 e. The first-order valence-electron chi connectivity index (χ1n) is 6.48. The van der Waals surface area contributed by atoms with Gasteiger partial charge in [-0.05, 0) is 39.3 Å². The number of rotatable bonds is 5. The van der Waals surface area contributed by atoms with Gasteiger partial charge in [0.05, 0.1) is 6.04 Å². The Bertz CT molecular complexity index is 421. The molecule has 0 saturated heterocycles. The van der Waals surface area contributed by atoms with Gasteiger partial charge in [-0.3, -0.25) is 4.79 Å². The van der Waals surface area contributed by atoms with Crippen LogP contribution in [0.5, 0.6) is 0 Å². The zero-order valence-corrected chi connectivity index (χ0v) is 12.4. The maximum absolute atomic E-state index is 11.7. The molecule has 18 heavy (non-hydrogen) atoms. The van der Waals surface area contributed by atoms with E-state index in [1.54, 1.807) is 19.0 Å². The average Bonchev–Trinajstić information content (AvgIpc) is 2.59. The van der Waals surface area contributed by atoms with Crippen LogP contribution in [0, 0.1) is 13.8 Å². The van der Waals surface area contributed by atoms with Gasteiger partial charge < -0.3 is 14.8 Å². The molecule has 0 aromatic carbocycles. The van der Waals surface area contributed by atoms with E-state index in [-0.39, 0.29) is 11.9 Å². The molecular formula is C14H25N3O. The smallest absolute Gasteiger partial charge is 0.238 e. The summed E-state index contributed by atoms with van der Waals surface area (Å²) in [6.45, 7) is 10.0. The summed E-state index contributed by atoms with van der Waals surface area (Å²) in [6.07, 6.45) is 0. The molecule has 4 nitrogen and oxygen atoms in total. The number of hydrogen-bond donors (Lipinski definition) is 1. The number of nitrogens with one attached hydrogen (secondary N) is 1. The van der Waals surface area contributed by atoms with Crippen molar-refractivity contribution in [3.8, 4) is 0 Å². The molecule has 0 aliphatic rings. The molecule has 0 radical (unpaired) electrons. The van der Waals surface area contributed by atoms with E-state index in [0.29, 0.717) is 0 Å². The molecule has 0 spiro atoms. The third kappa shape index (κ3) is 3.13. The Kier molecular flexibility index (Phi) is 4.96. The van der Waals surface area contributed by atoms with E-state index in [2.05, 4.69) is 36.7 Å². The molecule has 0 aliphatic carbocycles. The summed E-state index contributed by atoms with van der Waals surface area (Å²) >= 11 is 0. The predicted molar refractivity (Wildman–Crippen MR) is 74.6 cm³/mol. The number of carbonyl (C=O) groups is 1. The highest BCUT2D eigenvalue weighted by Crippen LogP contribution is 2.14. The Morgan fingerprint density at radius 3 is 2.50 bits per heavy atom. The highest BCUT2D eigenvalue weighted by Gasteiger charge is 2.15. The molecule has 1 unspecified atom stereocenters. The quantitative estimate of drug-likeness (QED) is 0.864. The Morgan fingerprint density at radius 1 is 1.44 bits per heavy atom. The van der Waals surface area contributed by atoms with Gasteiger partial charge in [0.15, 0.2) is 0 Å². The average molecular weight is 251 g/mol. The van der Waals surface area contributed by atoms with Crippen LogP contribution < -0.4 is 5.32 Å². The Balaban J connectivity index is 2.67. The zero-order chi connectivity index (χ0) is 13.9. The van der Waals surface area contributed by atoms with Crippen molar-refractivity contribution in [2.45, 2.75) is 46.8 Å². The monoisotopic (exact) mass is 251 g/mol. The number of likely N-dealkylation sites (N-methyl/N-ethyl adjacent to an activating group) is 1. The summed E-state index contributed by atoms with van der Waals surface area (Å²) in [5.74, 6) is 0.110. The molecular weight excluding hydrogens is 226 g/mol. The summed E-state index contributed by atoms with van der Waals surface area (Å²) in [5, 5.41) is 3.28. The van der Waals surface area contributed by atoms with E-state index < -0.39 is 0 Å². The van der Waals surface area contributed by atoms with Crippen molar-refractivity contribution in [3.05, 3.63) is 23.0 Å². The number of carbonyl (C=O) groups excluding carboxylic acids is 1. The molecule has 1 rings (SSSR count). The minimum absolute atomic E-state index is 0.110. The van der Waals surface area contributed by atoms with Crippen molar-refractivity contribution in [3.63, 3.8) is 0 Å². The molecule has 1 aromatic heterocycles. The van der Waals surface area contributed by atoms with Crippen molar-refractivity contribution < 1.29 is 4.79 Å². The first kappa shape index (κ1) is 14.8. The van der Waals surface area contributed by atoms with Crippen LogP contribution in [0.4, 0.5) is 0 Å². The number of aryl methyl sites for hydroxylation is 1. The molecule has 1 heterocycles. The Hall–Kier alpha value is -1.29. The fourth-order valence-corrected chi connectivity index (χ4v) is 2.28. The fourth-order valence-electron chi connectivity index (χ4n) is 2.28. The van der Waals surface area contributed by atoms with Gasteiger partial charge in [-0.15, -0.1) is 0 Å². The number of aromatic nitrogens is 1. The van der Waals surface area contributed by atoms with Gasteiger partial charge in [-0.2, -0.15) is 0 Å². The minimum atomic E-state index is -0.148.